The van der Waals surface area contributed by atoms with Gasteiger partial charge in [-0.05, 0) is 63.2 Å². The van der Waals surface area contributed by atoms with E-state index in [2.05, 4.69) is 16.8 Å². The highest BCUT2D eigenvalue weighted by atomic mass is 16.2. The van der Waals surface area contributed by atoms with Gasteiger partial charge in [0.05, 0.1) is 22.3 Å². The van der Waals surface area contributed by atoms with Gasteiger partial charge in [-0.2, -0.15) is 0 Å². The Hall–Kier alpha value is -4.23. The maximum atomic E-state index is 13.6. The van der Waals surface area contributed by atoms with Crippen LogP contribution in [0.5, 0.6) is 0 Å². The van der Waals surface area contributed by atoms with Gasteiger partial charge in [0.25, 0.3) is 5.91 Å². The van der Waals surface area contributed by atoms with E-state index in [-0.39, 0.29) is 11.4 Å². The Morgan fingerprint density at radius 1 is 0.818 bits per heavy atom. The highest BCUT2D eigenvalue weighted by molar-refractivity contribution is 6.37. The fourth-order valence-electron chi connectivity index (χ4n) is 3.92. The second-order valence-electron chi connectivity index (χ2n) is 8.98. The number of hydrogen-bond acceptors (Lipinski definition) is 3. The lowest BCUT2D eigenvalue weighted by Crippen LogP contribution is -2.32. The van der Waals surface area contributed by atoms with Crippen molar-refractivity contribution in [1.82, 2.24) is 4.98 Å². The van der Waals surface area contributed by atoms with Crippen LogP contribution in [-0.4, -0.2) is 22.3 Å². The van der Waals surface area contributed by atoms with Crippen molar-refractivity contribution in [2.45, 2.75) is 26.3 Å². The summed E-state index contributed by atoms with van der Waals surface area (Å²) in [6.45, 7) is 6.09. The smallest absolute Gasteiger partial charge is 0.264 e. The average Bonchev–Trinajstić information content (AvgIpc) is 3.07. The number of amides is 1. The minimum Gasteiger partial charge on any atom is -0.268 e. The lowest BCUT2D eigenvalue weighted by atomic mass is 10.0. The number of hydrogen-bond donors (Lipinski definition) is 0. The standard InChI is InChI=1S/C29H23N3O/c1-29(2,3)31-27-24-19-21(15-14-20-9-5-4-6-10-20)16-17-23(24)28(33)32(27)25-13-7-11-22-12-8-18-30-26(22)25/h4-13,16-19H,1-3H3. The first-order chi connectivity index (χ1) is 15.9. The van der Waals surface area contributed by atoms with E-state index < -0.39 is 0 Å². The minimum atomic E-state index is -0.376. The summed E-state index contributed by atoms with van der Waals surface area (Å²) in [7, 11) is 0. The van der Waals surface area contributed by atoms with Crippen molar-refractivity contribution in [1.29, 1.82) is 0 Å². The number of anilines is 1. The zero-order valence-electron chi connectivity index (χ0n) is 18.8. The predicted octanol–water partition coefficient (Wildman–Crippen LogP) is 5.84. The van der Waals surface area contributed by atoms with Crippen LogP contribution in [0.2, 0.25) is 0 Å². The molecule has 0 aliphatic carbocycles. The summed E-state index contributed by atoms with van der Waals surface area (Å²) in [6.07, 6.45) is 1.75. The monoisotopic (exact) mass is 429 g/mol. The Bertz CT molecular complexity index is 1460. The molecule has 1 amide bonds. The Labute approximate surface area is 193 Å². The maximum Gasteiger partial charge on any atom is 0.264 e. The fourth-order valence-corrected chi connectivity index (χ4v) is 3.92. The van der Waals surface area contributed by atoms with Crippen LogP contribution in [-0.2, 0) is 0 Å². The molecule has 0 unspecified atom stereocenters. The molecule has 160 valence electrons. The first-order valence-electron chi connectivity index (χ1n) is 10.9. The lowest BCUT2D eigenvalue weighted by molar-refractivity contribution is 0.101. The quantitative estimate of drug-likeness (QED) is 0.357. The molecule has 4 nitrogen and oxygen atoms in total. The third-order valence-corrected chi connectivity index (χ3v) is 5.32. The molecular weight excluding hydrogens is 406 g/mol. The van der Waals surface area contributed by atoms with Crippen LogP contribution in [0.15, 0.2) is 90.1 Å². The van der Waals surface area contributed by atoms with Gasteiger partial charge < -0.3 is 0 Å². The van der Waals surface area contributed by atoms with Crippen LogP contribution in [0.3, 0.4) is 0 Å². The van der Waals surface area contributed by atoms with Crippen LogP contribution < -0.4 is 4.90 Å². The molecule has 0 atom stereocenters. The fraction of sp³-hybridized carbons (Fsp3) is 0.138. The molecule has 1 aliphatic rings. The van der Waals surface area contributed by atoms with Crippen LogP contribution in [0.1, 0.15) is 47.8 Å². The minimum absolute atomic E-state index is 0.103. The zero-order chi connectivity index (χ0) is 23.0. The normalized spacial score (nSPS) is 14.3. The second-order valence-corrected chi connectivity index (χ2v) is 8.98. The lowest BCUT2D eigenvalue weighted by Gasteiger charge is -2.22. The number of rotatable bonds is 1. The van der Waals surface area contributed by atoms with Crippen LogP contribution in [0.4, 0.5) is 5.69 Å². The molecule has 33 heavy (non-hydrogen) atoms. The molecule has 3 aromatic carbocycles. The summed E-state index contributed by atoms with van der Waals surface area (Å²) in [5.74, 6) is 6.95. The number of fused-ring (bicyclic) bond motifs is 2. The Balaban J connectivity index is 1.66. The van der Waals surface area contributed by atoms with Crippen LogP contribution in [0.25, 0.3) is 10.9 Å². The molecule has 0 radical (unpaired) electrons. The molecular formula is C29H23N3O. The van der Waals surface area contributed by atoms with E-state index in [9.17, 15) is 4.79 Å². The molecule has 2 heterocycles. The van der Waals surface area contributed by atoms with Crippen molar-refractivity contribution in [2.24, 2.45) is 4.99 Å². The van der Waals surface area contributed by atoms with E-state index in [1.54, 1.807) is 11.1 Å². The van der Waals surface area contributed by atoms with Gasteiger partial charge in [-0.25, -0.2) is 0 Å². The van der Waals surface area contributed by atoms with Crippen LogP contribution in [0, 0.1) is 11.8 Å². The molecule has 0 spiro atoms. The van der Waals surface area contributed by atoms with E-state index in [4.69, 9.17) is 4.99 Å². The summed E-state index contributed by atoms with van der Waals surface area (Å²) in [4.78, 5) is 24.8. The molecule has 0 saturated heterocycles. The Morgan fingerprint density at radius 3 is 2.36 bits per heavy atom. The van der Waals surface area contributed by atoms with Crippen molar-refractivity contribution in [3.8, 4) is 11.8 Å². The van der Waals surface area contributed by atoms with Crippen molar-refractivity contribution in [3.05, 3.63) is 107 Å². The number of carbonyl (C=O) groups is 1. The highest BCUT2D eigenvalue weighted by Crippen LogP contribution is 2.34. The zero-order valence-corrected chi connectivity index (χ0v) is 18.8. The van der Waals surface area contributed by atoms with Gasteiger partial charge in [0, 0.05) is 28.3 Å². The summed E-state index contributed by atoms with van der Waals surface area (Å²) in [6, 6.07) is 25.3. The number of nitrogens with zero attached hydrogens (tertiary/aromatic N) is 3. The highest BCUT2D eigenvalue weighted by Gasteiger charge is 2.37. The van der Waals surface area contributed by atoms with Gasteiger partial charge in [-0.1, -0.05) is 48.2 Å². The number of carbonyl (C=O) groups excluding carboxylic acids is 1. The van der Waals surface area contributed by atoms with Crippen molar-refractivity contribution in [2.75, 3.05) is 4.90 Å². The molecule has 0 bridgehead atoms. The first kappa shape index (κ1) is 20.7. The van der Waals surface area contributed by atoms with Crippen molar-refractivity contribution in [3.63, 3.8) is 0 Å². The molecule has 0 N–H and O–H groups in total. The van der Waals surface area contributed by atoms with E-state index in [1.807, 2.05) is 99.6 Å². The van der Waals surface area contributed by atoms with Gasteiger partial charge in [-0.15, -0.1) is 0 Å². The molecule has 1 aromatic heterocycles. The number of aliphatic imine (C=N–C) groups is 1. The van der Waals surface area contributed by atoms with Crippen LogP contribution >= 0.6 is 0 Å². The molecule has 1 aliphatic heterocycles. The third kappa shape index (κ3) is 4.02. The molecule has 4 aromatic rings. The number of benzene rings is 3. The number of amidine groups is 1. The maximum absolute atomic E-state index is 13.6. The average molecular weight is 430 g/mol. The molecule has 4 heteroatoms. The molecule has 0 fully saturated rings. The largest absolute Gasteiger partial charge is 0.268 e. The third-order valence-electron chi connectivity index (χ3n) is 5.32. The number of pyridine rings is 1. The first-order valence-corrected chi connectivity index (χ1v) is 10.9. The predicted molar refractivity (Wildman–Crippen MR) is 134 cm³/mol. The second kappa shape index (κ2) is 8.03. The van der Waals surface area contributed by atoms with Gasteiger partial charge in [0.15, 0.2) is 0 Å². The SMILES string of the molecule is CC(C)(C)N=C1c2cc(C#Cc3ccccc3)ccc2C(=O)N1c1cccc2cccnc12. The van der Waals surface area contributed by atoms with Gasteiger partial charge >= 0.3 is 0 Å². The Kier molecular flexibility index (Phi) is 5.03. The van der Waals surface area contributed by atoms with Crippen molar-refractivity contribution >= 4 is 28.3 Å². The summed E-state index contributed by atoms with van der Waals surface area (Å²) in [5.41, 5.74) is 4.32. The van der Waals surface area contributed by atoms with E-state index >= 15 is 0 Å². The van der Waals surface area contributed by atoms with E-state index in [0.29, 0.717) is 11.4 Å². The van der Waals surface area contributed by atoms with E-state index in [1.165, 1.54) is 0 Å². The summed E-state index contributed by atoms with van der Waals surface area (Å²) in [5, 5.41) is 0.975. The van der Waals surface area contributed by atoms with E-state index in [0.717, 1.165) is 33.3 Å². The molecule has 5 rings (SSSR count). The number of para-hydroxylation sites is 1. The van der Waals surface area contributed by atoms with Gasteiger partial charge in [0.2, 0.25) is 0 Å². The summed E-state index contributed by atoms with van der Waals surface area (Å²) < 4.78 is 0. The van der Waals surface area contributed by atoms with Crippen molar-refractivity contribution < 1.29 is 4.79 Å². The van der Waals surface area contributed by atoms with Gasteiger partial charge in [-0.3, -0.25) is 19.7 Å². The summed E-state index contributed by atoms with van der Waals surface area (Å²) >= 11 is 0. The topological polar surface area (TPSA) is 45.6 Å². The van der Waals surface area contributed by atoms with Gasteiger partial charge in [0.1, 0.15) is 5.84 Å². The Morgan fingerprint density at radius 2 is 1.58 bits per heavy atom. The molecule has 0 saturated carbocycles. The number of aromatic nitrogens is 1.